The lowest BCUT2D eigenvalue weighted by molar-refractivity contribution is 0.794. The fourth-order valence-electron chi connectivity index (χ4n) is 1.91. The van der Waals surface area contributed by atoms with Gasteiger partial charge in [0, 0.05) is 0 Å². The fraction of sp³-hybridized carbons (Fsp3) is 0.357. The van der Waals surface area contributed by atoms with Gasteiger partial charge < -0.3 is 5.73 Å². The van der Waals surface area contributed by atoms with Crippen molar-refractivity contribution < 1.29 is 0 Å². The van der Waals surface area contributed by atoms with Crippen molar-refractivity contribution in [2.24, 2.45) is 0 Å². The van der Waals surface area contributed by atoms with E-state index in [1.54, 1.807) is 4.68 Å². The van der Waals surface area contributed by atoms with Crippen LogP contribution in [0.3, 0.4) is 0 Å². The third-order valence-corrected chi connectivity index (χ3v) is 4.00. The van der Waals surface area contributed by atoms with Gasteiger partial charge in [-0.15, -0.1) is 0 Å². The first-order chi connectivity index (χ1) is 8.63. The number of nitrogens with zero attached hydrogens (tertiary/aromatic N) is 2. The zero-order valence-electron chi connectivity index (χ0n) is 10.8. The van der Waals surface area contributed by atoms with Crippen molar-refractivity contribution in [2.75, 3.05) is 5.73 Å². The topological polar surface area (TPSA) is 43.8 Å². The molecule has 0 unspecified atom stereocenters. The Balaban J connectivity index is 2.26. The van der Waals surface area contributed by atoms with Crippen LogP contribution in [0.2, 0.25) is 0 Å². The first-order valence-corrected chi connectivity index (χ1v) is 7.02. The quantitative estimate of drug-likeness (QED) is 0.932. The molecule has 0 aliphatic carbocycles. The molecule has 0 saturated heterocycles. The Bertz CT molecular complexity index is 529. The smallest absolute Gasteiger partial charge is 0.141 e. The van der Waals surface area contributed by atoms with Gasteiger partial charge in [-0.2, -0.15) is 5.10 Å². The Labute approximate surface area is 116 Å². The summed E-state index contributed by atoms with van der Waals surface area (Å²) >= 11 is 3.44. The van der Waals surface area contributed by atoms with Crippen molar-refractivity contribution in [3.05, 3.63) is 40.0 Å². The Morgan fingerprint density at radius 2 is 1.94 bits per heavy atom. The van der Waals surface area contributed by atoms with E-state index in [0.717, 1.165) is 22.3 Å². The molecule has 4 heteroatoms. The molecular formula is C14H18BrN3. The van der Waals surface area contributed by atoms with Crippen LogP contribution in [0.4, 0.5) is 5.82 Å². The summed E-state index contributed by atoms with van der Waals surface area (Å²) in [5.41, 5.74) is 9.28. The van der Waals surface area contributed by atoms with Crippen molar-refractivity contribution in [3.63, 3.8) is 0 Å². The molecule has 0 fully saturated rings. The van der Waals surface area contributed by atoms with Gasteiger partial charge >= 0.3 is 0 Å². The number of halogens is 1. The van der Waals surface area contributed by atoms with E-state index in [4.69, 9.17) is 5.73 Å². The molecule has 1 aromatic heterocycles. The molecular weight excluding hydrogens is 290 g/mol. The maximum absolute atomic E-state index is 6.01. The van der Waals surface area contributed by atoms with E-state index in [-0.39, 0.29) is 0 Å². The summed E-state index contributed by atoms with van der Waals surface area (Å²) in [6.45, 7) is 4.14. The molecule has 18 heavy (non-hydrogen) atoms. The van der Waals surface area contributed by atoms with Crippen LogP contribution < -0.4 is 5.73 Å². The molecule has 2 aromatic rings. The summed E-state index contributed by atoms with van der Waals surface area (Å²) in [5, 5.41) is 4.42. The SMILES string of the molecule is CCCCc1ccc(-n2nc(C)c(Br)c2N)cc1. The minimum atomic E-state index is 0.647. The Morgan fingerprint density at radius 1 is 1.28 bits per heavy atom. The summed E-state index contributed by atoms with van der Waals surface area (Å²) < 4.78 is 2.64. The average molecular weight is 308 g/mol. The molecule has 2 N–H and O–H groups in total. The number of nitrogens with two attached hydrogens (primary N) is 1. The molecule has 0 aliphatic heterocycles. The number of anilines is 1. The van der Waals surface area contributed by atoms with Gasteiger partial charge in [-0.25, -0.2) is 4.68 Å². The second kappa shape index (κ2) is 5.57. The van der Waals surface area contributed by atoms with Gasteiger partial charge in [0.1, 0.15) is 5.82 Å². The predicted molar refractivity (Wildman–Crippen MR) is 79.0 cm³/mol. The van der Waals surface area contributed by atoms with Gasteiger partial charge in [-0.3, -0.25) is 0 Å². The lowest BCUT2D eigenvalue weighted by Crippen LogP contribution is -2.02. The van der Waals surface area contributed by atoms with Crippen LogP contribution >= 0.6 is 15.9 Å². The van der Waals surface area contributed by atoms with Gasteiger partial charge in [0.05, 0.1) is 15.9 Å². The van der Waals surface area contributed by atoms with Crippen LogP contribution in [0.25, 0.3) is 5.69 Å². The molecule has 0 amide bonds. The van der Waals surface area contributed by atoms with Crippen LogP contribution in [0.1, 0.15) is 31.0 Å². The van der Waals surface area contributed by atoms with Crippen molar-refractivity contribution in [1.29, 1.82) is 0 Å². The number of unbranched alkanes of at least 4 members (excludes halogenated alkanes) is 1. The second-order valence-corrected chi connectivity index (χ2v) is 5.26. The van der Waals surface area contributed by atoms with Gasteiger partial charge in [-0.05, 0) is 53.4 Å². The van der Waals surface area contributed by atoms with E-state index in [2.05, 4.69) is 52.2 Å². The van der Waals surface area contributed by atoms with Crippen LogP contribution in [0.5, 0.6) is 0 Å². The molecule has 1 heterocycles. The Hall–Kier alpha value is -1.29. The lowest BCUT2D eigenvalue weighted by Gasteiger charge is -2.05. The first-order valence-electron chi connectivity index (χ1n) is 6.23. The number of nitrogen functional groups attached to an aromatic ring is 1. The van der Waals surface area contributed by atoms with E-state index in [1.807, 2.05) is 6.92 Å². The molecule has 0 aliphatic rings. The van der Waals surface area contributed by atoms with Gasteiger partial charge in [-0.1, -0.05) is 25.5 Å². The summed E-state index contributed by atoms with van der Waals surface area (Å²) in [7, 11) is 0. The average Bonchev–Trinajstić information content (AvgIpc) is 2.65. The van der Waals surface area contributed by atoms with Crippen molar-refractivity contribution in [1.82, 2.24) is 9.78 Å². The van der Waals surface area contributed by atoms with Crippen LogP contribution in [-0.4, -0.2) is 9.78 Å². The van der Waals surface area contributed by atoms with E-state index >= 15 is 0 Å². The predicted octanol–water partition coefficient (Wildman–Crippen LogP) is 3.87. The Kier molecular flexibility index (Phi) is 4.07. The van der Waals surface area contributed by atoms with E-state index < -0.39 is 0 Å². The largest absolute Gasteiger partial charge is 0.383 e. The minimum absolute atomic E-state index is 0.647. The summed E-state index contributed by atoms with van der Waals surface area (Å²) in [6, 6.07) is 8.44. The molecule has 2 rings (SSSR count). The fourth-order valence-corrected chi connectivity index (χ4v) is 2.15. The van der Waals surface area contributed by atoms with E-state index in [0.29, 0.717) is 5.82 Å². The molecule has 0 radical (unpaired) electrons. The highest BCUT2D eigenvalue weighted by molar-refractivity contribution is 9.10. The molecule has 96 valence electrons. The summed E-state index contributed by atoms with van der Waals surface area (Å²) in [4.78, 5) is 0. The van der Waals surface area contributed by atoms with Gasteiger partial charge in [0.25, 0.3) is 0 Å². The maximum Gasteiger partial charge on any atom is 0.141 e. The van der Waals surface area contributed by atoms with Gasteiger partial charge in [0.2, 0.25) is 0 Å². The van der Waals surface area contributed by atoms with Crippen molar-refractivity contribution >= 4 is 21.7 Å². The standard InChI is InChI=1S/C14H18BrN3/c1-3-4-5-11-6-8-12(9-7-11)18-14(16)13(15)10(2)17-18/h6-9H,3-5,16H2,1-2H3. The van der Waals surface area contributed by atoms with Gasteiger partial charge in [0.15, 0.2) is 0 Å². The highest BCUT2D eigenvalue weighted by Gasteiger charge is 2.10. The van der Waals surface area contributed by atoms with Crippen molar-refractivity contribution in [2.45, 2.75) is 33.1 Å². The highest BCUT2D eigenvalue weighted by atomic mass is 79.9. The highest BCUT2D eigenvalue weighted by Crippen LogP contribution is 2.25. The number of aromatic nitrogens is 2. The number of hydrogen-bond acceptors (Lipinski definition) is 2. The number of hydrogen-bond donors (Lipinski definition) is 1. The first kappa shape index (κ1) is 13.1. The molecule has 0 saturated carbocycles. The molecule has 0 bridgehead atoms. The Morgan fingerprint density at radius 3 is 2.44 bits per heavy atom. The number of benzene rings is 1. The van der Waals surface area contributed by atoms with Crippen LogP contribution in [0.15, 0.2) is 28.7 Å². The molecule has 1 aromatic carbocycles. The van der Waals surface area contributed by atoms with E-state index in [1.165, 1.54) is 18.4 Å². The number of rotatable bonds is 4. The maximum atomic E-state index is 6.01. The molecule has 0 atom stereocenters. The third kappa shape index (κ3) is 2.58. The minimum Gasteiger partial charge on any atom is -0.383 e. The zero-order chi connectivity index (χ0) is 13.1. The zero-order valence-corrected chi connectivity index (χ0v) is 12.4. The second-order valence-electron chi connectivity index (χ2n) is 4.47. The third-order valence-electron chi connectivity index (χ3n) is 3.02. The normalized spacial score (nSPS) is 10.8. The monoisotopic (exact) mass is 307 g/mol. The molecule has 3 nitrogen and oxygen atoms in total. The van der Waals surface area contributed by atoms with Crippen molar-refractivity contribution in [3.8, 4) is 5.69 Å². The molecule has 0 spiro atoms. The lowest BCUT2D eigenvalue weighted by atomic mass is 10.1. The summed E-state index contributed by atoms with van der Waals surface area (Å²) in [5.74, 6) is 0.647. The summed E-state index contributed by atoms with van der Waals surface area (Å²) in [6.07, 6.45) is 3.59. The van der Waals surface area contributed by atoms with Crippen LogP contribution in [-0.2, 0) is 6.42 Å². The van der Waals surface area contributed by atoms with Crippen LogP contribution in [0, 0.1) is 6.92 Å². The van der Waals surface area contributed by atoms with E-state index in [9.17, 15) is 0 Å². The number of aryl methyl sites for hydroxylation is 2.